The maximum Gasteiger partial charge on any atom is 0.0351 e. The molecule has 0 saturated carbocycles. The number of thiophene rings is 1. The molecule has 0 aliphatic carbocycles. The van der Waals surface area contributed by atoms with Gasteiger partial charge in [-0.05, 0) is 55.3 Å². The summed E-state index contributed by atoms with van der Waals surface area (Å²) in [5, 5.41) is 0. The summed E-state index contributed by atoms with van der Waals surface area (Å²) in [6.07, 6.45) is 8.27. The van der Waals surface area contributed by atoms with Crippen molar-refractivity contribution in [2.75, 3.05) is 0 Å². The molecule has 0 fully saturated rings. The minimum Gasteiger partial charge on any atom is -0.143 e. The summed E-state index contributed by atoms with van der Waals surface area (Å²) in [4.78, 5) is 3.60. The molecule has 0 amide bonds. The van der Waals surface area contributed by atoms with Gasteiger partial charge in [0.15, 0.2) is 0 Å². The van der Waals surface area contributed by atoms with Crippen LogP contribution in [0.1, 0.15) is 17.4 Å². The second-order valence-corrected chi connectivity index (χ2v) is 5.72. The largest absolute Gasteiger partial charge is 0.143 e. The minimum atomic E-state index is 1.01. The van der Waals surface area contributed by atoms with Crippen molar-refractivity contribution < 1.29 is 0 Å². The van der Waals surface area contributed by atoms with E-state index in [1.807, 2.05) is 36.5 Å². The molecule has 0 atom stereocenters. The summed E-state index contributed by atoms with van der Waals surface area (Å²) in [5.74, 6) is 0. The van der Waals surface area contributed by atoms with Crippen molar-refractivity contribution in [3.8, 4) is 10.4 Å². The van der Waals surface area contributed by atoms with E-state index < -0.39 is 0 Å². The third-order valence-corrected chi connectivity index (χ3v) is 4.03. The molecule has 0 spiro atoms. The maximum atomic E-state index is 4.36. The average molecular weight is 272 g/mol. The van der Waals surface area contributed by atoms with E-state index in [0.717, 1.165) is 4.90 Å². The van der Waals surface area contributed by atoms with Gasteiger partial charge in [0.1, 0.15) is 0 Å². The first-order chi connectivity index (χ1) is 8.70. The Morgan fingerprint density at radius 3 is 2.67 bits per heavy atom. The smallest absolute Gasteiger partial charge is 0.0351 e. The standard InChI is InChI=1S/C16H16S2/c1-3-4-5-6-14-8-10-16(18-14)15-9-7-13(17)11-12(15)2/h3-11,17H,1-2H3/b4-3-,6-5-. The molecule has 0 saturated heterocycles. The van der Waals surface area contributed by atoms with Crippen LogP contribution in [0.5, 0.6) is 0 Å². The third-order valence-electron chi connectivity index (χ3n) is 2.67. The van der Waals surface area contributed by atoms with Crippen LogP contribution in [0.25, 0.3) is 16.5 Å². The number of aryl methyl sites for hydroxylation is 1. The number of hydrogen-bond donors (Lipinski definition) is 1. The van der Waals surface area contributed by atoms with E-state index in [4.69, 9.17) is 0 Å². The summed E-state index contributed by atoms with van der Waals surface area (Å²) < 4.78 is 0. The quantitative estimate of drug-likeness (QED) is 0.545. The number of allylic oxidation sites excluding steroid dienone is 3. The Morgan fingerprint density at radius 2 is 1.94 bits per heavy atom. The highest BCUT2D eigenvalue weighted by Crippen LogP contribution is 2.32. The molecule has 0 radical (unpaired) electrons. The van der Waals surface area contributed by atoms with Crippen LogP contribution in [0.15, 0.2) is 53.5 Å². The summed E-state index contributed by atoms with van der Waals surface area (Å²) in [6, 6.07) is 10.6. The van der Waals surface area contributed by atoms with Crippen LogP contribution in [-0.4, -0.2) is 0 Å². The molecule has 0 unspecified atom stereocenters. The van der Waals surface area contributed by atoms with Gasteiger partial charge in [0, 0.05) is 14.6 Å². The van der Waals surface area contributed by atoms with Gasteiger partial charge >= 0.3 is 0 Å². The molecule has 0 N–H and O–H groups in total. The molecule has 2 aromatic rings. The Morgan fingerprint density at radius 1 is 1.11 bits per heavy atom. The molecule has 0 nitrogen and oxygen atoms in total. The van der Waals surface area contributed by atoms with Crippen LogP contribution in [0.2, 0.25) is 0 Å². The Labute approximate surface area is 118 Å². The Bertz CT molecular complexity index is 589. The first kappa shape index (κ1) is 13.2. The predicted octanol–water partition coefficient (Wildman–Crippen LogP) is 5.60. The summed E-state index contributed by atoms with van der Waals surface area (Å²) in [5.41, 5.74) is 2.57. The highest BCUT2D eigenvalue weighted by atomic mass is 32.1. The van der Waals surface area contributed by atoms with Crippen LogP contribution >= 0.6 is 24.0 Å². The van der Waals surface area contributed by atoms with Crippen molar-refractivity contribution in [1.29, 1.82) is 0 Å². The number of thiol groups is 1. The zero-order valence-corrected chi connectivity index (χ0v) is 12.3. The lowest BCUT2D eigenvalue weighted by molar-refractivity contribution is 1.37. The van der Waals surface area contributed by atoms with Gasteiger partial charge in [-0.2, -0.15) is 0 Å². The summed E-state index contributed by atoms with van der Waals surface area (Å²) >= 11 is 6.17. The van der Waals surface area contributed by atoms with E-state index in [0.29, 0.717) is 0 Å². The van der Waals surface area contributed by atoms with Crippen molar-refractivity contribution in [2.24, 2.45) is 0 Å². The summed E-state index contributed by atoms with van der Waals surface area (Å²) in [7, 11) is 0. The van der Waals surface area contributed by atoms with E-state index >= 15 is 0 Å². The lowest BCUT2D eigenvalue weighted by atomic mass is 10.1. The van der Waals surface area contributed by atoms with E-state index in [1.54, 1.807) is 0 Å². The lowest BCUT2D eigenvalue weighted by Crippen LogP contribution is -1.79. The fourth-order valence-electron chi connectivity index (χ4n) is 1.77. The first-order valence-electron chi connectivity index (χ1n) is 5.90. The third kappa shape index (κ3) is 3.15. The van der Waals surface area contributed by atoms with Gasteiger partial charge in [-0.3, -0.25) is 0 Å². The zero-order chi connectivity index (χ0) is 13.0. The van der Waals surface area contributed by atoms with Crippen molar-refractivity contribution in [3.05, 3.63) is 59.0 Å². The first-order valence-corrected chi connectivity index (χ1v) is 7.16. The topological polar surface area (TPSA) is 0 Å². The van der Waals surface area contributed by atoms with Crippen LogP contribution in [0.3, 0.4) is 0 Å². The van der Waals surface area contributed by atoms with Crippen LogP contribution in [-0.2, 0) is 0 Å². The highest BCUT2D eigenvalue weighted by molar-refractivity contribution is 7.80. The van der Waals surface area contributed by atoms with Crippen molar-refractivity contribution >= 4 is 30.0 Å². The second kappa shape index (κ2) is 6.07. The van der Waals surface area contributed by atoms with Gasteiger partial charge in [0.25, 0.3) is 0 Å². The molecule has 1 aromatic carbocycles. The van der Waals surface area contributed by atoms with E-state index in [-0.39, 0.29) is 0 Å². The Hall–Kier alpha value is -1.25. The Balaban J connectivity index is 2.29. The maximum absolute atomic E-state index is 4.36. The molecule has 1 heterocycles. The van der Waals surface area contributed by atoms with Crippen molar-refractivity contribution in [3.63, 3.8) is 0 Å². The molecule has 18 heavy (non-hydrogen) atoms. The van der Waals surface area contributed by atoms with Gasteiger partial charge in [0.2, 0.25) is 0 Å². The summed E-state index contributed by atoms with van der Waals surface area (Å²) in [6.45, 7) is 4.15. The molecule has 0 bridgehead atoms. The van der Waals surface area contributed by atoms with E-state index in [2.05, 4.69) is 56.0 Å². The molecule has 2 heteroatoms. The van der Waals surface area contributed by atoms with Gasteiger partial charge in [-0.15, -0.1) is 24.0 Å². The van der Waals surface area contributed by atoms with Crippen LogP contribution < -0.4 is 0 Å². The van der Waals surface area contributed by atoms with Crippen LogP contribution in [0, 0.1) is 6.92 Å². The fourth-order valence-corrected chi connectivity index (χ4v) is 3.05. The van der Waals surface area contributed by atoms with Gasteiger partial charge in [-0.1, -0.05) is 24.3 Å². The molecular formula is C16H16S2. The lowest BCUT2D eigenvalue weighted by Gasteiger charge is -2.03. The van der Waals surface area contributed by atoms with Crippen LogP contribution in [0.4, 0.5) is 0 Å². The molecular weight excluding hydrogens is 256 g/mol. The van der Waals surface area contributed by atoms with Crippen molar-refractivity contribution in [1.82, 2.24) is 0 Å². The highest BCUT2D eigenvalue weighted by Gasteiger charge is 2.04. The van der Waals surface area contributed by atoms with E-state index in [9.17, 15) is 0 Å². The molecule has 92 valence electrons. The SMILES string of the molecule is C/C=C\C=C/c1ccc(-c2ccc(S)cc2C)s1. The molecule has 0 aliphatic rings. The minimum absolute atomic E-state index is 1.01. The molecule has 0 aliphatic heterocycles. The van der Waals surface area contributed by atoms with E-state index in [1.165, 1.54) is 20.9 Å². The number of rotatable bonds is 3. The number of hydrogen-bond acceptors (Lipinski definition) is 2. The Kier molecular flexibility index (Phi) is 4.45. The fraction of sp³-hybridized carbons (Fsp3) is 0.125. The molecule has 2 rings (SSSR count). The average Bonchev–Trinajstić information content (AvgIpc) is 2.78. The molecule has 1 aromatic heterocycles. The predicted molar refractivity (Wildman–Crippen MR) is 85.6 cm³/mol. The van der Waals surface area contributed by atoms with Crippen molar-refractivity contribution in [2.45, 2.75) is 18.7 Å². The van der Waals surface area contributed by atoms with Gasteiger partial charge in [0.05, 0.1) is 0 Å². The van der Waals surface area contributed by atoms with Gasteiger partial charge in [-0.25, -0.2) is 0 Å². The second-order valence-electron chi connectivity index (χ2n) is 4.09. The monoisotopic (exact) mass is 272 g/mol. The normalized spacial score (nSPS) is 11.7. The zero-order valence-electron chi connectivity index (χ0n) is 10.6. The number of benzene rings is 1. The van der Waals surface area contributed by atoms with Gasteiger partial charge < -0.3 is 0 Å².